The van der Waals surface area contributed by atoms with Crippen LogP contribution in [0.4, 0.5) is 0 Å². The van der Waals surface area contributed by atoms with Crippen LogP contribution in [0.1, 0.15) is 6.92 Å². The minimum atomic E-state index is -1.63. The van der Waals surface area contributed by atoms with Crippen LogP contribution in [0.5, 0.6) is 0 Å². The Bertz CT molecular complexity index is 124. The highest BCUT2D eigenvalue weighted by atomic mass is 31.1. The minimum absolute atomic E-state index is 0.466. The van der Waals surface area contributed by atoms with Gasteiger partial charge in [0, 0.05) is 0 Å². The van der Waals surface area contributed by atoms with Crippen molar-refractivity contribution in [2.45, 2.75) is 6.92 Å². The molecule has 0 saturated heterocycles. The standard InChI is InChI=1S/C5H8O2P/c1-3-5-8(6)7-4-2/h5H,1,4H2,2H3/q+1. The van der Waals surface area contributed by atoms with Gasteiger partial charge in [-0.25, -0.2) is 0 Å². The summed E-state index contributed by atoms with van der Waals surface area (Å²) in [5.74, 6) is 1.30. The van der Waals surface area contributed by atoms with Crippen molar-refractivity contribution in [2.75, 3.05) is 6.61 Å². The van der Waals surface area contributed by atoms with Gasteiger partial charge in [-0.2, -0.15) is 0 Å². The molecular formula is C5H8O2P+. The number of hydrogen-bond donors (Lipinski definition) is 0. The third-order valence-electron chi connectivity index (χ3n) is 0.453. The van der Waals surface area contributed by atoms with Crippen LogP contribution < -0.4 is 0 Å². The molecule has 0 fully saturated rings. The summed E-state index contributed by atoms with van der Waals surface area (Å²) in [4.78, 5) is 0. The first kappa shape index (κ1) is 7.58. The Morgan fingerprint density at radius 1 is 2.00 bits per heavy atom. The van der Waals surface area contributed by atoms with Crippen molar-refractivity contribution in [2.24, 2.45) is 0 Å². The van der Waals surface area contributed by atoms with E-state index in [1.54, 1.807) is 6.92 Å². The maximum atomic E-state index is 10.4. The number of hydrogen-bond acceptors (Lipinski definition) is 2. The smallest absolute Gasteiger partial charge is 0.142 e. The number of rotatable bonds is 3. The van der Waals surface area contributed by atoms with Gasteiger partial charge in [0.05, 0.1) is 0 Å². The molecule has 0 amide bonds. The van der Waals surface area contributed by atoms with Gasteiger partial charge in [0.25, 0.3) is 0 Å². The van der Waals surface area contributed by atoms with E-state index in [0.29, 0.717) is 6.61 Å². The highest BCUT2D eigenvalue weighted by Crippen LogP contribution is 2.21. The molecular weight excluding hydrogens is 123 g/mol. The van der Waals surface area contributed by atoms with Crippen molar-refractivity contribution in [3.8, 4) is 0 Å². The van der Waals surface area contributed by atoms with Gasteiger partial charge in [0.15, 0.2) is 0 Å². The molecule has 0 aliphatic carbocycles. The molecule has 2 nitrogen and oxygen atoms in total. The molecule has 0 aromatic heterocycles. The minimum Gasteiger partial charge on any atom is -0.142 e. The van der Waals surface area contributed by atoms with Gasteiger partial charge in [0.1, 0.15) is 6.61 Å². The highest BCUT2D eigenvalue weighted by Gasteiger charge is 2.07. The maximum absolute atomic E-state index is 10.4. The van der Waals surface area contributed by atoms with Crippen LogP contribution in [0, 0.1) is 0 Å². The lowest BCUT2D eigenvalue weighted by Gasteiger charge is -1.71. The van der Waals surface area contributed by atoms with Crippen LogP contribution in [0.3, 0.4) is 0 Å². The largest absolute Gasteiger partial charge is 0.549 e. The van der Waals surface area contributed by atoms with Crippen molar-refractivity contribution < 1.29 is 9.09 Å². The lowest BCUT2D eigenvalue weighted by atomic mass is 10.9. The van der Waals surface area contributed by atoms with Gasteiger partial charge in [-0.1, -0.05) is 12.3 Å². The SMILES string of the molecule is C=C=C[P+](=O)OCC. The Labute approximate surface area is 49.7 Å². The summed E-state index contributed by atoms with van der Waals surface area (Å²) in [6.45, 7) is 5.49. The van der Waals surface area contributed by atoms with Gasteiger partial charge in [-0.05, 0) is 11.5 Å². The molecule has 0 aliphatic heterocycles. The van der Waals surface area contributed by atoms with E-state index in [0.717, 1.165) is 0 Å². The van der Waals surface area contributed by atoms with Gasteiger partial charge in [-0.3, -0.25) is 0 Å². The first-order valence-corrected chi connectivity index (χ1v) is 3.51. The van der Waals surface area contributed by atoms with Gasteiger partial charge >= 0.3 is 8.03 Å². The monoisotopic (exact) mass is 131 g/mol. The fourth-order valence-corrected chi connectivity index (χ4v) is 0.717. The normalized spacial score (nSPS) is 9.88. The zero-order chi connectivity index (χ0) is 6.41. The predicted molar refractivity (Wildman–Crippen MR) is 32.9 cm³/mol. The van der Waals surface area contributed by atoms with Crippen LogP contribution in [-0.4, -0.2) is 6.61 Å². The molecule has 3 heteroatoms. The van der Waals surface area contributed by atoms with Crippen molar-refractivity contribution in [1.82, 2.24) is 0 Å². The highest BCUT2D eigenvalue weighted by molar-refractivity contribution is 7.42. The van der Waals surface area contributed by atoms with Crippen molar-refractivity contribution >= 4 is 8.03 Å². The van der Waals surface area contributed by atoms with Gasteiger partial charge < -0.3 is 0 Å². The fraction of sp³-hybridized carbons (Fsp3) is 0.400. The topological polar surface area (TPSA) is 26.3 Å². The van der Waals surface area contributed by atoms with Crippen LogP contribution in [0.25, 0.3) is 0 Å². The average Bonchev–Trinajstić information content (AvgIpc) is 1.68. The second-order valence-electron chi connectivity index (χ2n) is 1.04. The summed E-state index contributed by atoms with van der Waals surface area (Å²) in [6, 6.07) is 0. The molecule has 8 heavy (non-hydrogen) atoms. The first-order valence-electron chi connectivity index (χ1n) is 2.26. The summed E-state index contributed by atoms with van der Waals surface area (Å²) in [6.07, 6.45) is 0. The molecule has 0 bridgehead atoms. The van der Waals surface area contributed by atoms with E-state index in [1.807, 2.05) is 0 Å². The third-order valence-corrected chi connectivity index (χ3v) is 1.36. The van der Waals surface area contributed by atoms with Crippen LogP contribution >= 0.6 is 8.03 Å². The summed E-state index contributed by atoms with van der Waals surface area (Å²) < 4.78 is 15.0. The van der Waals surface area contributed by atoms with Crippen molar-refractivity contribution in [1.29, 1.82) is 0 Å². The Hall–Kier alpha value is -0.420. The van der Waals surface area contributed by atoms with E-state index >= 15 is 0 Å². The summed E-state index contributed by atoms with van der Waals surface area (Å²) >= 11 is 0. The van der Waals surface area contributed by atoms with E-state index in [1.165, 1.54) is 5.82 Å². The Morgan fingerprint density at radius 3 is 3.00 bits per heavy atom. The van der Waals surface area contributed by atoms with Gasteiger partial charge in [0.2, 0.25) is 5.82 Å². The van der Waals surface area contributed by atoms with Crippen LogP contribution in [-0.2, 0) is 9.09 Å². The maximum Gasteiger partial charge on any atom is 0.549 e. The van der Waals surface area contributed by atoms with Crippen molar-refractivity contribution in [3.63, 3.8) is 0 Å². The molecule has 44 valence electrons. The lowest BCUT2D eigenvalue weighted by Crippen LogP contribution is -1.71. The Balaban J connectivity index is 3.49. The summed E-state index contributed by atoms with van der Waals surface area (Å²) in [5.41, 5.74) is 2.37. The fourth-order valence-electron chi connectivity index (χ4n) is 0.239. The molecule has 1 atom stereocenters. The molecule has 0 saturated carbocycles. The average molecular weight is 131 g/mol. The first-order chi connectivity index (χ1) is 3.81. The molecule has 0 aromatic carbocycles. The zero-order valence-electron chi connectivity index (χ0n) is 4.76. The second kappa shape index (κ2) is 4.73. The molecule has 0 heterocycles. The molecule has 1 unspecified atom stereocenters. The van der Waals surface area contributed by atoms with Crippen LogP contribution in [0.15, 0.2) is 18.1 Å². The third kappa shape index (κ3) is 3.76. The molecule has 0 rings (SSSR count). The van der Waals surface area contributed by atoms with E-state index in [4.69, 9.17) is 0 Å². The predicted octanol–water partition coefficient (Wildman–Crippen LogP) is 2.06. The lowest BCUT2D eigenvalue weighted by molar-refractivity contribution is 0.356. The Kier molecular flexibility index (Phi) is 4.48. The summed E-state index contributed by atoms with van der Waals surface area (Å²) in [5, 5.41) is 0. The molecule has 0 spiro atoms. The molecule has 0 aromatic rings. The zero-order valence-corrected chi connectivity index (χ0v) is 5.65. The second-order valence-corrected chi connectivity index (χ2v) is 2.12. The van der Waals surface area contributed by atoms with E-state index < -0.39 is 8.03 Å². The summed E-state index contributed by atoms with van der Waals surface area (Å²) in [7, 11) is -1.63. The molecule has 0 aliphatic rings. The van der Waals surface area contributed by atoms with Crippen LogP contribution in [0.2, 0.25) is 0 Å². The van der Waals surface area contributed by atoms with Gasteiger partial charge in [-0.15, -0.1) is 4.52 Å². The molecule has 0 N–H and O–H groups in total. The molecule has 0 radical (unpaired) electrons. The van der Waals surface area contributed by atoms with Crippen molar-refractivity contribution in [3.05, 3.63) is 18.1 Å². The quantitative estimate of drug-likeness (QED) is 0.433. The Morgan fingerprint density at radius 2 is 2.62 bits per heavy atom. The van der Waals surface area contributed by atoms with E-state index in [9.17, 15) is 4.57 Å². The van der Waals surface area contributed by atoms with E-state index in [-0.39, 0.29) is 0 Å². The van der Waals surface area contributed by atoms with E-state index in [2.05, 4.69) is 16.8 Å².